The van der Waals surface area contributed by atoms with Crippen LogP contribution in [0, 0.1) is 17.9 Å². The molecule has 2 heterocycles. The Morgan fingerprint density at radius 2 is 0.948 bits per heavy atom. The smallest absolute Gasteiger partial charge is 0.307 e. The van der Waals surface area contributed by atoms with Crippen LogP contribution < -0.4 is 0 Å². The number of halogens is 3. The van der Waals surface area contributed by atoms with Gasteiger partial charge >= 0.3 is 6.18 Å². The van der Waals surface area contributed by atoms with Gasteiger partial charge in [-0.3, -0.25) is 0 Å². The number of aromatic nitrogens is 2. The summed E-state index contributed by atoms with van der Waals surface area (Å²) in [6, 6.07) is 58.6. The second kappa shape index (κ2) is 13.4. The van der Waals surface area contributed by atoms with Gasteiger partial charge < -0.3 is 9.13 Å². The first-order valence-corrected chi connectivity index (χ1v) is 18.7. The van der Waals surface area contributed by atoms with E-state index in [2.05, 4.69) is 105 Å². The molecule has 8 aromatic carbocycles. The van der Waals surface area contributed by atoms with E-state index in [1.807, 2.05) is 72.8 Å². The van der Waals surface area contributed by atoms with E-state index in [0.29, 0.717) is 16.9 Å². The lowest BCUT2D eigenvalue weighted by molar-refractivity contribution is -0.137. The van der Waals surface area contributed by atoms with E-state index in [-0.39, 0.29) is 16.8 Å². The lowest BCUT2D eigenvalue weighted by Gasteiger charge is -2.20. The molecule has 10 rings (SSSR count). The van der Waals surface area contributed by atoms with Gasteiger partial charge in [0.2, 0.25) is 0 Å². The number of benzene rings is 8. The molecule has 0 aliphatic heterocycles. The number of hydrogen-bond acceptors (Lipinski definition) is 1. The topological polar surface area (TPSA) is 38.0 Å². The standard InChI is InChI=1S/C51H29F3N4/c1-56-44-29-37(51(52,53)54)22-25-38(44)43-30-50(58-46-19-11-9-17-40(46)42-24-21-35(27-48(42)58)33-14-6-3-7-15-33)49(28-36(43)31-55)57-45-18-10-8-16-39(45)41-23-20-34(26-47(41)57)32-12-4-2-5-13-32/h2-30H. The molecular formula is C51H29F3N4. The highest BCUT2D eigenvalue weighted by molar-refractivity contribution is 6.13. The molecule has 0 saturated carbocycles. The van der Waals surface area contributed by atoms with Gasteiger partial charge in [0.15, 0.2) is 5.69 Å². The quantitative estimate of drug-likeness (QED) is 0.161. The van der Waals surface area contributed by atoms with Gasteiger partial charge in [0, 0.05) is 27.1 Å². The number of nitrogens with zero attached hydrogens (tertiary/aromatic N) is 4. The fraction of sp³-hybridized carbons (Fsp3) is 0.0196. The van der Waals surface area contributed by atoms with Gasteiger partial charge in [0.25, 0.3) is 0 Å². The van der Waals surface area contributed by atoms with Gasteiger partial charge in [-0.25, -0.2) is 4.85 Å². The van der Waals surface area contributed by atoms with Crippen LogP contribution in [0.5, 0.6) is 0 Å². The van der Waals surface area contributed by atoms with Gasteiger partial charge in [-0.1, -0.05) is 133 Å². The molecule has 0 saturated heterocycles. The first-order chi connectivity index (χ1) is 28.3. The SMILES string of the molecule is [C-]#[N+]c1cc(C(F)(F)F)ccc1-c1cc(-n2c3ccccc3c3ccc(-c4ccccc4)cc32)c(-n2c3ccccc3c3ccc(-c4ccccc4)cc32)cc1C#N. The summed E-state index contributed by atoms with van der Waals surface area (Å²) in [6.07, 6.45) is -4.64. The minimum atomic E-state index is -4.64. The van der Waals surface area contributed by atoms with Crippen molar-refractivity contribution in [3.8, 4) is 50.8 Å². The zero-order chi connectivity index (χ0) is 39.5. The Kier molecular flexibility index (Phi) is 8.00. The first-order valence-electron chi connectivity index (χ1n) is 18.7. The van der Waals surface area contributed by atoms with E-state index < -0.39 is 11.7 Å². The lowest BCUT2D eigenvalue weighted by atomic mass is 9.95. The molecule has 0 spiro atoms. The van der Waals surface area contributed by atoms with E-state index in [4.69, 9.17) is 6.57 Å². The van der Waals surface area contributed by atoms with Gasteiger partial charge in [0.05, 0.1) is 51.6 Å². The van der Waals surface area contributed by atoms with Crippen molar-refractivity contribution < 1.29 is 13.2 Å². The van der Waals surface area contributed by atoms with Crippen LogP contribution in [0.4, 0.5) is 18.9 Å². The predicted octanol–water partition coefficient (Wildman–Crippen LogP) is 14.3. The lowest BCUT2D eigenvalue weighted by Crippen LogP contribution is -2.06. The Labute approximate surface area is 331 Å². The average Bonchev–Trinajstić information content (AvgIpc) is 3.78. The summed E-state index contributed by atoms with van der Waals surface area (Å²) in [5.41, 5.74) is 8.87. The summed E-state index contributed by atoms with van der Waals surface area (Å²) >= 11 is 0. The zero-order valence-electron chi connectivity index (χ0n) is 30.7. The fourth-order valence-corrected chi connectivity index (χ4v) is 8.36. The molecule has 10 aromatic rings. The third-order valence-electron chi connectivity index (χ3n) is 11.0. The maximum atomic E-state index is 13.9. The largest absolute Gasteiger partial charge is 0.415 e. The zero-order valence-corrected chi connectivity index (χ0v) is 30.7. The highest BCUT2D eigenvalue weighted by Gasteiger charge is 2.31. The van der Waals surface area contributed by atoms with E-state index in [1.54, 1.807) is 0 Å². The van der Waals surface area contributed by atoms with Crippen LogP contribution in [0.1, 0.15) is 11.1 Å². The van der Waals surface area contributed by atoms with Gasteiger partial charge in [-0.15, -0.1) is 0 Å². The summed E-state index contributed by atoms with van der Waals surface area (Å²) in [5.74, 6) is 0. The van der Waals surface area contributed by atoms with Crippen molar-refractivity contribution in [1.29, 1.82) is 5.26 Å². The van der Waals surface area contributed by atoms with Crippen molar-refractivity contribution in [2.45, 2.75) is 6.18 Å². The molecule has 4 nitrogen and oxygen atoms in total. The highest BCUT2D eigenvalue weighted by atomic mass is 19.4. The van der Waals surface area contributed by atoms with Crippen LogP contribution in [0.15, 0.2) is 176 Å². The monoisotopic (exact) mass is 754 g/mol. The minimum absolute atomic E-state index is 0.192. The van der Waals surface area contributed by atoms with Crippen molar-refractivity contribution in [3.05, 3.63) is 198 Å². The second-order valence-electron chi connectivity index (χ2n) is 14.2. The Bertz CT molecular complexity index is 3340. The van der Waals surface area contributed by atoms with E-state index in [1.165, 1.54) is 6.07 Å². The first kappa shape index (κ1) is 34.6. The Balaban J connectivity index is 1.37. The van der Waals surface area contributed by atoms with Crippen molar-refractivity contribution >= 4 is 49.3 Å². The predicted molar refractivity (Wildman–Crippen MR) is 227 cm³/mol. The van der Waals surface area contributed by atoms with E-state index >= 15 is 0 Å². The van der Waals surface area contributed by atoms with Gasteiger partial charge in [-0.2, -0.15) is 18.4 Å². The highest BCUT2D eigenvalue weighted by Crippen LogP contribution is 2.44. The molecule has 0 aliphatic carbocycles. The third kappa shape index (κ3) is 5.52. The maximum absolute atomic E-state index is 13.9. The number of hydrogen-bond donors (Lipinski definition) is 0. The molecule has 0 amide bonds. The molecule has 0 unspecified atom stereocenters. The average molecular weight is 755 g/mol. The summed E-state index contributed by atoms with van der Waals surface area (Å²) in [6.45, 7) is 7.97. The van der Waals surface area contributed by atoms with Crippen LogP contribution in [0.2, 0.25) is 0 Å². The molecule has 0 aliphatic rings. The number of fused-ring (bicyclic) bond motifs is 6. The van der Waals surface area contributed by atoms with E-state index in [9.17, 15) is 18.4 Å². The van der Waals surface area contributed by atoms with Crippen molar-refractivity contribution in [3.63, 3.8) is 0 Å². The van der Waals surface area contributed by atoms with Gasteiger partial charge in [0.1, 0.15) is 0 Å². The molecule has 7 heteroatoms. The van der Waals surface area contributed by atoms with Crippen LogP contribution in [-0.2, 0) is 6.18 Å². The third-order valence-corrected chi connectivity index (χ3v) is 11.0. The molecule has 0 radical (unpaired) electrons. The van der Waals surface area contributed by atoms with Crippen molar-refractivity contribution in [1.82, 2.24) is 9.13 Å². The van der Waals surface area contributed by atoms with Crippen LogP contribution in [0.3, 0.4) is 0 Å². The summed E-state index contributed by atoms with van der Waals surface area (Å²) < 4.78 is 46.1. The fourth-order valence-electron chi connectivity index (χ4n) is 8.36. The molecule has 0 atom stereocenters. The Hall–Kier alpha value is -7.87. The Morgan fingerprint density at radius 3 is 1.45 bits per heavy atom. The number of para-hydroxylation sites is 2. The number of nitriles is 1. The second-order valence-corrected chi connectivity index (χ2v) is 14.2. The van der Waals surface area contributed by atoms with Crippen molar-refractivity contribution in [2.24, 2.45) is 0 Å². The molecule has 0 bridgehead atoms. The molecule has 58 heavy (non-hydrogen) atoms. The molecule has 0 N–H and O–H groups in total. The van der Waals surface area contributed by atoms with Crippen LogP contribution >= 0.6 is 0 Å². The maximum Gasteiger partial charge on any atom is 0.415 e. The van der Waals surface area contributed by atoms with Crippen LogP contribution in [-0.4, -0.2) is 9.13 Å². The summed E-state index contributed by atoms with van der Waals surface area (Å²) in [4.78, 5) is 3.56. The van der Waals surface area contributed by atoms with Crippen LogP contribution in [0.25, 0.3) is 93.2 Å². The Morgan fingerprint density at radius 1 is 0.466 bits per heavy atom. The molecule has 0 fully saturated rings. The molecule has 2 aromatic heterocycles. The summed E-state index contributed by atoms with van der Waals surface area (Å²) in [5, 5.41) is 14.9. The normalized spacial score (nSPS) is 11.7. The molecular weight excluding hydrogens is 726 g/mol. The van der Waals surface area contributed by atoms with Crippen molar-refractivity contribution in [2.75, 3.05) is 0 Å². The minimum Gasteiger partial charge on any atom is -0.307 e. The summed E-state index contributed by atoms with van der Waals surface area (Å²) in [7, 11) is 0. The number of alkyl halides is 3. The van der Waals surface area contributed by atoms with Gasteiger partial charge in [-0.05, 0) is 75.8 Å². The molecule has 274 valence electrons. The number of rotatable bonds is 5. The van der Waals surface area contributed by atoms with E-state index in [0.717, 1.165) is 78.0 Å².